The Hall–Kier alpha value is -2.72. The average molecular weight is 530 g/mol. The monoisotopic (exact) mass is 529 g/mol. The largest absolute Gasteiger partial charge is 0.460 e. The van der Waals surface area contributed by atoms with E-state index in [1.807, 2.05) is 17.1 Å². The van der Waals surface area contributed by atoms with Crippen molar-refractivity contribution < 1.29 is 33.8 Å². The molecule has 1 spiro atoms. The molecule has 2 saturated heterocycles. The van der Waals surface area contributed by atoms with Crippen LogP contribution in [-0.2, 0) is 28.7 Å². The molecule has 0 aromatic rings. The number of likely N-dealkylation sites (tertiary alicyclic amines) is 1. The molecule has 0 aromatic heterocycles. The van der Waals surface area contributed by atoms with Crippen LogP contribution in [-0.4, -0.2) is 94.7 Å². The fourth-order valence-corrected chi connectivity index (χ4v) is 6.88. The standard InChI is InChI=1S/C28H39N3O7/c1-18-17-29-21(33)12-6-5-11-20-22(27(36)37-18)23-25(34)31(15-8-16-32)24-26(35)30(19-9-3-2-4-10-19)14-7-13-28(23,24)38-20/h5,7,11,13,18-20,22-24,32H,2-4,6,8-10,12,14-17H2,1H3,(H,29,33)/b11-5-/t18-,20-,22+,23+,24-,28+/m0/s1. The lowest BCUT2D eigenvalue weighted by Crippen LogP contribution is -2.57. The van der Waals surface area contributed by atoms with Crippen molar-refractivity contribution >= 4 is 23.7 Å². The molecule has 1 aliphatic carbocycles. The van der Waals surface area contributed by atoms with Crippen LogP contribution in [0.2, 0.25) is 0 Å². The SMILES string of the molecule is C[C@H]1CNC(=O)CC/C=C\[C@@H]2O[C@@]34C=CCN(C5CCCCC5)C(=O)[C@@H]3N(CCCO)C(=O)[C@H]4[C@@H]2C(=O)O1. The van der Waals surface area contributed by atoms with Crippen molar-refractivity contribution in [2.45, 2.75) is 88.2 Å². The third kappa shape index (κ3) is 4.77. The van der Waals surface area contributed by atoms with Gasteiger partial charge in [0.25, 0.3) is 0 Å². The zero-order chi connectivity index (χ0) is 26.9. The van der Waals surface area contributed by atoms with Crippen molar-refractivity contribution in [2.75, 3.05) is 26.2 Å². The normalized spacial score (nSPS) is 37.4. The van der Waals surface area contributed by atoms with Crippen molar-refractivity contribution in [1.82, 2.24) is 15.1 Å². The van der Waals surface area contributed by atoms with E-state index in [0.717, 1.165) is 32.1 Å². The molecule has 5 rings (SSSR count). The topological polar surface area (TPSA) is 125 Å². The molecular weight excluding hydrogens is 490 g/mol. The number of carbonyl (C=O) groups is 4. The molecular formula is C28H39N3O7. The summed E-state index contributed by atoms with van der Waals surface area (Å²) in [5.74, 6) is -3.05. The maximum Gasteiger partial charge on any atom is 0.313 e. The maximum absolute atomic E-state index is 14.3. The van der Waals surface area contributed by atoms with Crippen LogP contribution in [0.15, 0.2) is 24.3 Å². The Kier molecular flexibility index (Phi) is 7.90. The quantitative estimate of drug-likeness (QED) is 0.412. The average Bonchev–Trinajstić information content (AvgIpc) is 3.29. The third-order valence-electron chi connectivity index (χ3n) is 8.64. The highest BCUT2D eigenvalue weighted by Gasteiger charge is 2.71. The number of aliphatic hydroxyl groups is 1. The number of amides is 3. The number of fused-ring (bicyclic) bond motifs is 2. The lowest BCUT2D eigenvalue weighted by Gasteiger charge is -2.39. The van der Waals surface area contributed by atoms with E-state index in [1.54, 1.807) is 19.1 Å². The Morgan fingerprint density at radius 2 is 1.89 bits per heavy atom. The Morgan fingerprint density at radius 3 is 2.66 bits per heavy atom. The van der Waals surface area contributed by atoms with Crippen molar-refractivity contribution in [3.05, 3.63) is 24.3 Å². The minimum absolute atomic E-state index is 0.107. The molecule has 1 saturated carbocycles. The fraction of sp³-hybridized carbons (Fsp3) is 0.714. The predicted octanol–water partition coefficient (Wildman–Crippen LogP) is 1.08. The Labute approximate surface area is 223 Å². The van der Waals surface area contributed by atoms with E-state index in [1.165, 1.54) is 4.90 Å². The van der Waals surface area contributed by atoms with Crippen LogP contribution < -0.4 is 5.32 Å². The summed E-state index contributed by atoms with van der Waals surface area (Å²) >= 11 is 0. The lowest BCUT2D eigenvalue weighted by atomic mass is 9.77. The van der Waals surface area contributed by atoms with E-state index in [9.17, 15) is 24.3 Å². The molecule has 2 N–H and O–H groups in total. The highest BCUT2D eigenvalue weighted by atomic mass is 16.6. The zero-order valence-electron chi connectivity index (χ0n) is 22.0. The number of carbonyl (C=O) groups excluding carboxylic acids is 4. The van der Waals surface area contributed by atoms with Gasteiger partial charge in [-0.15, -0.1) is 0 Å². The van der Waals surface area contributed by atoms with Gasteiger partial charge in [-0.25, -0.2) is 0 Å². The van der Waals surface area contributed by atoms with Gasteiger partial charge in [0.05, 0.1) is 18.6 Å². The van der Waals surface area contributed by atoms with Crippen LogP contribution in [0.1, 0.15) is 58.3 Å². The lowest BCUT2D eigenvalue weighted by molar-refractivity contribution is -0.159. The molecule has 0 unspecified atom stereocenters. The van der Waals surface area contributed by atoms with Crippen LogP contribution in [0.5, 0.6) is 0 Å². The van der Waals surface area contributed by atoms with Crippen LogP contribution in [0, 0.1) is 11.8 Å². The molecule has 3 fully saturated rings. The van der Waals surface area contributed by atoms with Crippen LogP contribution >= 0.6 is 0 Å². The summed E-state index contributed by atoms with van der Waals surface area (Å²) in [6.45, 7) is 2.39. The molecule has 10 heteroatoms. The summed E-state index contributed by atoms with van der Waals surface area (Å²) in [7, 11) is 0. The summed E-state index contributed by atoms with van der Waals surface area (Å²) in [6.07, 6.45) is 12.1. The van der Waals surface area contributed by atoms with Gasteiger partial charge >= 0.3 is 5.97 Å². The summed E-state index contributed by atoms with van der Waals surface area (Å²) in [5, 5.41) is 12.3. The molecule has 208 valence electrons. The molecule has 5 aliphatic rings. The van der Waals surface area contributed by atoms with Crippen molar-refractivity contribution in [3.63, 3.8) is 0 Å². The first-order chi connectivity index (χ1) is 18.4. The number of allylic oxidation sites excluding steroid dienone is 1. The second kappa shape index (κ2) is 11.2. The Balaban J connectivity index is 1.54. The Bertz CT molecular complexity index is 1010. The molecule has 0 bridgehead atoms. The minimum Gasteiger partial charge on any atom is -0.460 e. The smallest absolute Gasteiger partial charge is 0.313 e. The first-order valence-electron chi connectivity index (χ1n) is 14.1. The first-order valence-corrected chi connectivity index (χ1v) is 14.1. The van der Waals surface area contributed by atoms with Gasteiger partial charge in [0.2, 0.25) is 17.7 Å². The first kappa shape index (κ1) is 26.9. The van der Waals surface area contributed by atoms with Gasteiger partial charge in [0.1, 0.15) is 23.7 Å². The van der Waals surface area contributed by atoms with Crippen molar-refractivity contribution in [1.29, 1.82) is 0 Å². The highest BCUT2D eigenvalue weighted by Crippen LogP contribution is 2.53. The summed E-state index contributed by atoms with van der Waals surface area (Å²) in [5.41, 5.74) is -1.32. The van der Waals surface area contributed by atoms with Crippen LogP contribution in [0.4, 0.5) is 0 Å². The second-order valence-corrected chi connectivity index (χ2v) is 11.2. The number of nitrogens with zero attached hydrogens (tertiary/aromatic N) is 2. The molecule has 6 atom stereocenters. The number of aliphatic hydroxyl groups excluding tert-OH is 1. The summed E-state index contributed by atoms with van der Waals surface area (Å²) < 4.78 is 12.3. The van der Waals surface area contributed by atoms with E-state index in [-0.39, 0.29) is 49.9 Å². The zero-order valence-corrected chi connectivity index (χ0v) is 22.0. The summed E-state index contributed by atoms with van der Waals surface area (Å²) in [4.78, 5) is 57.4. The Morgan fingerprint density at radius 1 is 1.11 bits per heavy atom. The van der Waals surface area contributed by atoms with Gasteiger partial charge in [-0.3, -0.25) is 19.2 Å². The minimum atomic E-state index is -1.32. The number of ether oxygens (including phenoxy) is 2. The number of cyclic esters (lactones) is 1. The van der Waals surface area contributed by atoms with Gasteiger partial charge in [-0.05, 0) is 32.6 Å². The molecule has 38 heavy (non-hydrogen) atoms. The van der Waals surface area contributed by atoms with E-state index >= 15 is 0 Å². The number of rotatable bonds is 4. The van der Waals surface area contributed by atoms with Gasteiger partial charge in [0.15, 0.2) is 0 Å². The van der Waals surface area contributed by atoms with Gasteiger partial charge in [-0.2, -0.15) is 0 Å². The number of hydrogen-bond acceptors (Lipinski definition) is 7. The predicted molar refractivity (Wildman–Crippen MR) is 136 cm³/mol. The molecule has 0 aromatic carbocycles. The van der Waals surface area contributed by atoms with Gasteiger partial charge < -0.3 is 29.7 Å². The third-order valence-corrected chi connectivity index (χ3v) is 8.64. The van der Waals surface area contributed by atoms with E-state index in [0.29, 0.717) is 19.4 Å². The number of esters is 1. The van der Waals surface area contributed by atoms with Crippen molar-refractivity contribution in [3.8, 4) is 0 Å². The fourth-order valence-electron chi connectivity index (χ4n) is 6.88. The number of hydrogen-bond donors (Lipinski definition) is 2. The molecule has 0 radical (unpaired) electrons. The molecule has 4 heterocycles. The number of nitrogens with one attached hydrogen (secondary N) is 1. The van der Waals surface area contributed by atoms with Crippen LogP contribution in [0.25, 0.3) is 0 Å². The molecule has 4 aliphatic heterocycles. The molecule has 3 amide bonds. The van der Waals surface area contributed by atoms with Crippen molar-refractivity contribution in [2.24, 2.45) is 11.8 Å². The second-order valence-electron chi connectivity index (χ2n) is 11.2. The van der Waals surface area contributed by atoms with E-state index in [4.69, 9.17) is 9.47 Å². The van der Waals surface area contributed by atoms with E-state index in [2.05, 4.69) is 5.32 Å². The summed E-state index contributed by atoms with van der Waals surface area (Å²) in [6, 6.07) is -0.812. The van der Waals surface area contributed by atoms with Crippen LogP contribution in [0.3, 0.4) is 0 Å². The van der Waals surface area contributed by atoms with E-state index < -0.39 is 41.7 Å². The maximum atomic E-state index is 14.3. The highest BCUT2D eigenvalue weighted by molar-refractivity contribution is 5.99. The molecule has 10 nitrogen and oxygen atoms in total. The van der Waals surface area contributed by atoms with Gasteiger partial charge in [0, 0.05) is 32.2 Å². The van der Waals surface area contributed by atoms with Gasteiger partial charge in [-0.1, -0.05) is 43.6 Å².